The van der Waals surface area contributed by atoms with Gasteiger partial charge in [0.2, 0.25) is 0 Å². The number of hydrogen-bond donors (Lipinski definition) is 2. The zero-order valence-electron chi connectivity index (χ0n) is 12.0. The number of fused-ring (bicyclic) bond motifs is 3. The van der Waals surface area contributed by atoms with Crippen LogP contribution in [0.1, 0.15) is 12.0 Å². The van der Waals surface area contributed by atoms with Crippen molar-refractivity contribution in [3.63, 3.8) is 0 Å². The third-order valence-corrected chi connectivity index (χ3v) is 3.79. The molecule has 0 saturated heterocycles. The number of pyridine rings is 1. The van der Waals surface area contributed by atoms with Crippen molar-refractivity contribution < 1.29 is 9.47 Å². The van der Waals surface area contributed by atoms with E-state index in [0.29, 0.717) is 22.4 Å². The first-order valence-electron chi connectivity index (χ1n) is 6.72. The van der Waals surface area contributed by atoms with Crippen LogP contribution in [-0.4, -0.2) is 25.3 Å². The molecule has 0 spiro atoms. The van der Waals surface area contributed by atoms with Gasteiger partial charge in [0.1, 0.15) is 22.9 Å². The Morgan fingerprint density at radius 3 is 2.52 bits per heavy atom. The van der Waals surface area contributed by atoms with Crippen molar-refractivity contribution in [2.45, 2.75) is 13.0 Å². The molecule has 0 bridgehead atoms. The fraction of sp³-hybridized carbons (Fsp3) is 0.333. The maximum absolute atomic E-state index is 9.43. The molecule has 1 aromatic heterocycles. The van der Waals surface area contributed by atoms with E-state index in [2.05, 4.69) is 11.4 Å². The summed E-state index contributed by atoms with van der Waals surface area (Å²) < 4.78 is 12.5. The van der Waals surface area contributed by atoms with Crippen molar-refractivity contribution in [2.24, 2.45) is 0 Å². The molecule has 0 atom stereocenters. The Balaban J connectivity index is 2.48. The second-order valence-corrected chi connectivity index (χ2v) is 4.87. The minimum Gasteiger partial charge on any atom is -0.493 e. The molecule has 1 aliphatic heterocycles. The monoisotopic (exact) mass is 284 g/mol. The molecule has 0 amide bonds. The molecule has 2 N–H and O–H groups in total. The fourth-order valence-electron chi connectivity index (χ4n) is 2.77. The number of hydrogen-bond acceptors (Lipinski definition) is 5. The number of nitrogens with zero attached hydrogens (tertiary/aromatic N) is 2. The second-order valence-electron chi connectivity index (χ2n) is 4.87. The smallest absolute Gasteiger partial charge is 0.161 e. The molecule has 1 aromatic carbocycles. The van der Waals surface area contributed by atoms with Crippen LogP contribution in [0.25, 0.3) is 10.8 Å². The van der Waals surface area contributed by atoms with Gasteiger partial charge in [-0.3, -0.25) is 5.41 Å². The van der Waals surface area contributed by atoms with E-state index in [1.807, 2.05) is 10.6 Å². The lowest BCUT2D eigenvalue weighted by molar-refractivity contribution is 0.356. The van der Waals surface area contributed by atoms with Gasteiger partial charge in [-0.05, 0) is 18.6 Å². The van der Waals surface area contributed by atoms with Gasteiger partial charge in [0.05, 0.1) is 14.2 Å². The average Bonchev–Trinajstić information content (AvgIpc) is 2.54. The summed E-state index contributed by atoms with van der Waals surface area (Å²) in [6.07, 6.45) is 0.938. The Bertz CT molecular complexity index is 817. The Labute approximate surface area is 122 Å². The van der Waals surface area contributed by atoms with Crippen LogP contribution in [-0.2, 0) is 6.54 Å². The number of nitriles is 1. The highest BCUT2D eigenvalue weighted by Gasteiger charge is 2.19. The van der Waals surface area contributed by atoms with Gasteiger partial charge in [-0.1, -0.05) is 0 Å². The van der Waals surface area contributed by atoms with E-state index in [4.69, 9.17) is 14.9 Å². The zero-order valence-corrected chi connectivity index (χ0v) is 12.0. The lowest BCUT2D eigenvalue weighted by atomic mass is 10.0. The lowest BCUT2D eigenvalue weighted by Gasteiger charge is -2.24. The standard InChI is InChI=1S/C15H16N4O2/c1-20-12-6-9-10(7-13(12)21-2)15-18-4-3-5-19(15)14(17)11(9)8-16/h6-7,17-18H,3-5H2,1-2H3. The van der Waals surface area contributed by atoms with Crippen LogP contribution in [0.5, 0.6) is 11.5 Å². The van der Waals surface area contributed by atoms with Gasteiger partial charge in [-0.2, -0.15) is 5.26 Å². The third-order valence-electron chi connectivity index (χ3n) is 3.79. The molecule has 0 aliphatic carbocycles. The van der Waals surface area contributed by atoms with Crippen LogP contribution in [0.3, 0.4) is 0 Å². The minimum absolute atomic E-state index is 0.236. The normalized spacial score (nSPS) is 13.2. The maximum atomic E-state index is 9.43. The van der Waals surface area contributed by atoms with Crippen molar-refractivity contribution in [2.75, 3.05) is 26.1 Å². The predicted octanol–water partition coefficient (Wildman–Crippen LogP) is 1.83. The van der Waals surface area contributed by atoms with Gasteiger partial charge in [-0.25, -0.2) is 0 Å². The summed E-state index contributed by atoms with van der Waals surface area (Å²) in [5.41, 5.74) is 0.595. The van der Waals surface area contributed by atoms with E-state index in [1.54, 1.807) is 20.3 Å². The quantitative estimate of drug-likeness (QED) is 0.881. The molecule has 21 heavy (non-hydrogen) atoms. The Morgan fingerprint density at radius 1 is 1.24 bits per heavy atom. The Hall–Kier alpha value is -2.68. The fourth-order valence-corrected chi connectivity index (χ4v) is 2.77. The summed E-state index contributed by atoms with van der Waals surface area (Å²) in [5, 5.41) is 22.6. The topological polar surface area (TPSA) is 83.1 Å². The summed E-state index contributed by atoms with van der Waals surface area (Å²) in [6, 6.07) is 5.77. The molecular formula is C15H16N4O2. The summed E-state index contributed by atoms with van der Waals surface area (Å²) in [6.45, 7) is 1.59. The molecule has 3 rings (SSSR count). The largest absolute Gasteiger partial charge is 0.493 e. The molecular weight excluding hydrogens is 268 g/mol. The van der Waals surface area contributed by atoms with Crippen LogP contribution in [0, 0.1) is 16.7 Å². The number of aromatic nitrogens is 1. The molecule has 108 valence electrons. The molecule has 2 aromatic rings. The van der Waals surface area contributed by atoms with Gasteiger partial charge in [0, 0.05) is 23.9 Å². The van der Waals surface area contributed by atoms with Crippen LogP contribution >= 0.6 is 0 Å². The molecule has 0 saturated carbocycles. The van der Waals surface area contributed by atoms with Crippen LogP contribution in [0.4, 0.5) is 5.82 Å². The van der Waals surface area contributed by atoms with Gasteiger partial charge in [0.25, 0.3) is 0 Å². The van der Waals surface area contributed by atoms with Crippen molar-refractivity contribution in [1.82, 2.24) is 4.57 Å². The SMILES string of the molecule is COc1cc2c(C#N)c(=N)n3c(c2cc1OC)NCCC3. The van der Waals surface area contributed by atoms with Gasteiger partial charge >= 0.3 is 0 Å². The van der Waals surface area contributed by atoms with Crippen molar-refractivity contribution in [3.8, 4) is 17.6 Å². The Kier molecular flexibility index (Phi) is 3.18. The molecule has 6 nitrogen and oxygen atoms in total. The first kappa shape index (κ1) is 13.3. The summed E-state index contributed by atoms with van der Waals surface area (Å²) >= 11 is 0. The highest BCUT2D eigenvalue weighted by Crippen LogP contribution is 2.36. The molecule has 2 heterocycles. The number of rotatable bonds is 2. The van der Waals surface area contributed by atoms with E-state index in [1.165, 1.54) is 0 Å². The highest BCUT2D eigenvalue weighted by atomic mass is 16.5. The molecule has 0 fully saturated rings. The van der Waals surface area contributed by atoms with Gasteiger partial charge < -0.3 is 19.4 Å². The van der Waals surface area contributed by atoms with Crippen LogP contribution < -0.4 is 20.3 Å². The Morgan fingerprint density at radius 2 is 1.90 bits per heavy atom. The van der Waals surface area contributed by atoms with Crippen molar-refractivity contribution in [3.05, 3.63) is 23.2 Å². The van der Waals surface area contributed by atoms with E-state index >= 15 is 0 Å². The molecule has 6 heteroatoms. The number of anilines is 1. The summed E-state index contributed by atoms with van der Waals surface area (Å²) in [4.78, 5) is 0. The van der Waals surface area contributed by atoms with E-state index in [-0.39, 0.29) is 5.49 Å². The summed E-state index contributed by atoms with van der Waals surface area (Å²) in [5.74, 6) is 2.03. The second kappa shape index (κ2) is 5.02. The van der Waals surface area contributed by atoms with Crippen LogP contribution in [0.15, 0.2) is 12.1 Å². The summed E-state index contributed by atoms with van der Waals surface area (Å²) in [7, 11) is 3.14. The number of benzene rings is 1. The third kappa shape index (κ3) is 1.89. The first-order chi connectivity index (χ1) is 10.2. The van der Waals surface area contributed by atoms with E-state index in [0.717, 1.165) is 30.7 Å². The lowest BCUT2D eigenvalue weighted by Crippen LogP contribution is -2.31. The molecule has 0 radical (unpaired) electrons. The van der Waals surface area contributed by atoms with Crippen molar-refractivity contribution in [1.29, 1.82) is 10.7 Å². The predicted molar refractivity (Wildman–Crippen MR) is 78.7 cm³/mol. The van der Waals surface area contributed by atoms with E-state index in [9.17, 15) is 5.26 Å². The first-order valence-corrected chi connectivity index (χ1v) is 6.72. The zero-order chi connectivity index (χ0) is 15.0. The number of nitrogens with one attached hydrogen (secondary N) is 2. The average molecular weight is 284 g/mol. The maximum Gasteiger partial charge on any atom is 0.161 e. The number of ether oxygens (including phenoxy) is 2. The van der Waals surface area contributed by atoms with Crippen molar-refractivity contribution >= 4 is 16.6 Å². The number of methoxy groups -OCH3 is 2. The van der Waals surface area contributed by atoms with E-state index < -0.39 is 0 Å². The minimum atomic E-state index is 0.236. The highest BCUT2D eigenvalue weighted by molar-refractivity contribution is 5.98. The van der Waals surface area contributed by atoms with Gasteiger partial charge in [0.15, 0.2) is 11.5 Å². The van der Waals surface area contributed by atoms with Crippen LogP contribution in [0.2, 0.25) is 0 Å². The molecule has 1 aliphatic rings. The molecule has 0 unspecified atom stereocenters. The van der Waals surface area contributed by atoms with Gasteiger partial charge in [-0.15, -0.1) is 0 Å².